The Morgan fingerprint density at radius 2 is 1.68 bits per heavy atom. The second-order valence-corrected chi connectivity index (χ2v) is 8.89. The molecular formula is C22H29N3O5S. The van der Waals surface area contributed by atoms with Gasteiger partial charge in [-0.3, -0.25) is 13.9 Å². The van der Waals surface area contributed by atoms with Crippen molar-refractivity contribution in [3.63, 3.8) is 0 Å². The number of rotatable bonds is 10. The van der Waals surface area contributed by atoms with Gasteiger partial charge in [0.15, 0.2) is 0 Å². The van der Waals surface area contributed by atoms with Gasteiger partial charge in [0.25, 0.3) is 0 Å². The van der Waals surface area contributed by atoms with E-state index in [-0.39, 0.29) is 18.1 Å². The molecule has 9 heteroatoms. The first-order valence-corrected chi connectivity index (χ1v) is 11.7. The molecule has 2 amide bonds. The Kier molecular flexibility index (Phi) is 8.44. The zero-order valence-corrected chi connectivity index (χ0v) is 19.1. The molecule has 1 N–H and O–H groups in total. The Balaban J connectivity index is 2.44. The quantitative estimate of drug-likeness (QED) is 0.601. The van der Waals surface area contributed by atoms with Crippen molar-refractivity contribution in [1.82, 2.24) is 10.2 Å². The lowest BCUT2D eigenvalue weighted by atomic mass is 10.1. The molecule has 0 aliphatic carbocycles. The first-order valence-electron chi connectivity index (χ1n) is 9.88. The number of methoxy groups -OCH3 is 1. The summed E-state index contributed by atoms with van der Waals surface area (Å²) in [5.74, 6) is -0.473. The molecule has 0 heterocycles. The molecule has 1 atom stereocenters. The van der Waals surface area contributed by atoms with Gasteiger partial charge in [0.05, 0.1) is 19.1 Å². The van der Waals surface area contributed by atoms with Gasteiger partial charge in [-0.1, -0.05) is 49.4 Å². The summed E-state index contributed by atoms with van der Waals surface area (Å²) in [5.41, 5.74) is 1.09. The number of carbonyl (C=O) groups excluding carboxylic acids is 2. The van der Waals surface area contributed by atoms with Crippen molar-refractivity contribution in [2.75, 3.05) is 31.3 Å². The van der Waals surface area contributed by atoms with Gasteiger partial charge in [0, 0.05) is 13.6 Å². The monoisotopic (exact) mass is 447 g/mol. The number of amides is 2. The van der Waals surface area contributed by atoms with E-state index in [0.717, 1.165) is 16.1 Å². The Morgan fingerprint density at radius 3 is 2.23 bits per heavy atom. The van der Waals surface area contributed by atoms with E-state index < -0.39 is 28.5 Å². The van der Waals surface area contributed by atoms with Crippen LogP contribution in [-0.4, -0.2) is 58.1 Å². The average Bonchev–Trinajstić information content (AvgIpc) is 2.76. The smallest absolute Gasteiger partial charge is 0.244 e. The third kappa shape index (κ3) is 6.21. The summed E-state index contributed by atoms with van der Waals surface area (Å²) in [6.45, 7) is 1.52. The fourth-order valence-corrected chi connectivity index (χ4v) is 4.15. The average molecular weight is 448 g/mol. The van der Waals surface area contributed by atoms with Gasteiger partial charge in [-0.15, -0.1) is 0 Å². The maximum Gasteiger partial charge on any atom is 0.244 e. The van der Waals surface area contributed by atoms with E-state index in [2.05, 4.69) is 5.32 Å². The Hall–Kier alpha value is -3.07. The number of ether oxygens (including phenoxy) is 1. The zero-order chi connectivity index (χ0) is 23.0. The van der Waals surface area contributed by atoms with E-state index in [1.807, 2.05) is 30.3 Å². The lowest BCUT2D eigenvalue weighted by Gasteiger charge is -2.32. The van der Waals surface area contributed by atoms with Gasteiger partial charge < -0.3 is 15.0 Å². The van der Waals surface area contributed by atoms with Crippen molar-refractivity contribution in [2.24, 2.45) is 0 Å². The first-order chi connectivity index (χ1) is 14.7. The van der Waals surface area contributed by atoms with Crippen LogP contribution in [0.1, 0.15) is 18.9 Å². The number of para-hydroxylation sites is 2. The topological polar surface area (TPSA) is 96.0 Å². The van der Waals surface area contributed by atoms with E-state index in [4.69, 9.17) is 4.74 Å². The lowest BCUT2D eigenvalue weighted by Crippen LogP contribution is -2.51. The van der Waals surface area contributed by atoms with Crippen LogP contribution in [0.25, 0.3) is 0 Å². The van der Waals surface area contributed by atoms with E-state index in [1.165, 1.54) is 19.1 Å². The molecule has 0 spiro atoms. The third-order valence-electron chi connectivity index (χ3n) is 4.86. The number of nitrogens with one attached hydrogen (secondary N) is 1. The number of hydrogen-bond acceptors (Lipinski definition) is 5. The van der Waals surface area contributed by atoms with E-state index in [0.29, 0.717) is 12.2 Å². The summed E-state index contributed by atoms with van der Waals surface area (Å²) in [5, 5.41) is 2.59. The summed E-state index contributed by atoms with van der Waals surface area (Å²) < 4.78 is 31.4. The van der Waals surface area contributed by atoms with Gasteiger partial charge >= 0.3 is 0 Å². The molecule has 8 nitrogen and oxygen atoms in total. The van der Waals surface area contributed by atoms with Crippen LogP contribution < -0.4 is 14.4 Å². The molecule has 168 valence electrons. The molecule has 0 radical (unpaired) electrons. The molecular weight excluding hydrogens is 418 g/mol. The molecule has 0 unspecified atom stereocenters. The maximum absolute atomic E-state index is 13.4. The Bertz CT molecular complexity index is 995. The van der Waals surface area contributed by atoms with Crippen LogP contribution in [0.5, 0.6) is 5.75 Å². The lowest BCUT2D eigenvalue weighted by molar-refractivity contribution is -0.140. The molecule has 2 aromatic rings. The highest BCUT2D eigenvalue weighted by atomic mass is 32.2. The van der Waals surface area contributed by atoms with Crippen LogP contribution in [-0.2, 0) is 26.2 Å². The predicted octanol–water partition coefficient (Wildman–Crippen LogP) is 2.01. The minimum absolute atomic E-state index is 0.176. The van der Waals surface area contributed by atoms with Crippen LogP contribution in [0.15, 0.2) is 54.6 Å². The zero-order valence-electron chi connectivity index (χ0n) is 18.2. The van der Waals surface area contributed by atoms with E-state index in [9.17, 15) is 18.0 Å². The SMILES string of the molecule is CC[C@H](C(=O)NC)N(Cc1ccccc1)C(=O)CN(c1ccccc1OC)S(C)(=O)=O. The fraction of sp³-hybridized carbons (Fsp3) is 0.364. The van der Waals surface area contributed by atoms with Crippen LogP contribution in [0, 0.1) is 0 Å². The normalized spacial score (nSPS) is 12.0. The Morgan fingerprint density at radius 1 is 1.06 bits per heavy atom. The highest BCUT2D eigenvalue weighted by Crippen LogP contribution is 2.29. The number of anilines is 1. The molecule has 0 saturated carbocycles. The standard InChI is InChI=1S/C22H29N3O5S/c1-5-18(22(27)23-2)24(15-17-11-7-6-8-12-17)21(26)16-25(31(4,28)29)19-13-9-10-14-20(19)30-3/h6-14,18H,5,15-16H2,1-4H3,(H,23,27)/t18-/m1/s1. The summed E-state index contributed by atoms with van der Waals surface area (Å²) in [6, 6.07) is 15.1. The summed E-state index contributed by atoms with van der Waals surface area (Å²) >= 11 is 0. The molecule has 0 fully saturated rings. The number of benzene rings is 2. The van der Waals surface area contributed by atoms with Crippen molar-refractivity contribution in [2.45, 2.75) is 25.9 Å². The van der Waals surface area contributed by atoms with Crippen molar-refractivity contribution < 1.29 is 22.7 Å². The van der Waals surface area contributed by atoms with Crippen LogP contribution in [0.3, 0.4) is 0 Å². The summed E-state index contributed by atoms with van der Waals surface area (Å²) in [6.07, 6.45) is 1.41. The number of sulfonamides is 1. The number of likely N-dealkylation sites (N-methyl/N-ethyl adjacent to an activating group) is 1. The van der Waals surface area contributed by atoms with E-state index >= 15 is 0 Å². The molecule has 0 aliphatic heterocycles. The van der Waals surface area contributed by atoms with Gasteiger partial charge in [-0.25, -0.2) is 8.42 Å². The fourth-order valence-electron chi connectivity index (χ4n) is 3.30. The minimum atomic E-state index is -3.80. The van der Waals surface area contributed by atoms with Crippen molar-refractivity contribution in [1.29, 1.82) is 0 Å². The van der Waals surface area contributed by atoms with Crippen molar-refractivity contribution >= 4 is 27.5 Å². The molecule has 0 aromatic heterocycles. The molecule has 31 heavy (non-hydrogen) atoms. The molecule has 2 rings (SSSR count). The molecule has 0 saturated heterocycles. The highest BCUT2D eigenvalue weighted by Gasteiger charge is 2.32. The minimum Gasteiger partial charge on any atom is -0.495 e. The largest absolute Gasteiger partial charge is 0.495 e. The second-order valence-electron chi connectivity index (χ2n) is 6.99. The predicted molar refractivity (Wildman–Crippen MR) is 120 cm³/mol. The number of carbonyl (C=O) groups is 2. The van der Waals surface area contributed by atoms with Gasteiger partial charge in [-0.05, 0) is 24.1 Å². The number of hydrogen-bond donors (Lipinski definition) is 1. The number of nitrogens with zero attached hydrogens (tertiary/aromatic N) is 2. The summed E-state index contributed by atoms with van der Waals surface area (Å²) in [4.78, 5) is 27.3. The highest BCUT2D eigenvalue weighted by molar-refractivity contribution is 7.92. The van der Waals surface area contributed by atoms with Crippen molar-refractivity contribution in [3.05, 3.63) is 60.2 Å². The Labute approximate surface area is 183 Å². The summed E-state index contributed by atoms with van der Waals surface area (Å²) in [7, 11) is -0.865. The van der Waals surface area contributed by atoms with Gasteiger partial charge in [0.2, 0.25) is 21.8 Å². The van der Waals surface area contributed by atoms with Crippen LogP contribution in [0.2, 0.25) is 0 Å². The first kappa shape index (κ1) is 24.2. The molecule has 2 aromatic carbocycles. The van der Waals surface area contributed by atoms with Crippen LogP contribution >= 0.6 is 0 Å². The van der Waals surface area contributed by atoms with E-state index in [1.54, 1.807) is 31.2 Å². The third-order valence-corrected chi connectivity index (χ3v) is 5.99. The maximum atomic E-state index is 13.4. The van der Waals surface area contributed by atoms with Gasteiger partial charge in [0.1, 0.15) is 18.3 Å². The van der Waals surface area contributed by atoms with Crippen LogP contribution in [0.4, 0.5) is 5.69 Å². The van der Waals surface area contributed by atoms with Crippen molar-refractivity contribution in [3.8, 4) is 5.75 Å². The van der Waals surface area contributed by atoms with Gasteiger partial charge in [-0.2, -0.15) is 0 Å². The molecule has 0 aliphatic rings. The molecule has 0 bridgehead atoms. The second kappa shape index (κ2) is 10.8.